The lowest BCUT2D eigenvalue weighted by molar-refractivity contribution is -0.682. The Hall–Kier alpha value is -2.37. The van der Waals surface area contributed by atoms with E-state index in [1.54, 1.807) is 31.3 Å². The highest BCUT2D eigenvalue weighted by molar-refractivity contribution is 6.30. The summed E-state index contributed by atoms with van der Waals surface area (Å²) in [6.45, 7) is 2.32. The molecular formula is C18H21ClN3O2+. The average molecular weight is 347 g/mol. The molecule has 2 aromatic rings. The lowest BCUT2D eigenvalue weighted by Crippen LogP contribution is -2.86. The number of quaternary nitrogens is 1. The van der Waals surface area contributed by atoms with E-state index in [4.69, 9.17) is 11.6 Å². The van der Waals surface area contributed by atoms with Gasteiger partial charge in [0, 0.05) is 28.9 Å². The summed E-state index contributed by atoms with van der Waals surface area (Å²) >= 11 is 5.88. The van der Waals surface area contributed by atoms with Crippen molar-refractivity contribution in [1.29, 1.82) is 0 Å². The fraction of sp³-hybridized carbons (Fsp3) is 0.222. The summed E-state index contributed by atoms with van der Waals surface area (Å²) in [5, 5.41) is 8.00. The van der Waals surface area contributed by atoms with E-state index < -0.39 is 0 Å². The molecule has 0 heterocycles. The fourth-order valence-electron chi connectivity index (χ4n) is 2.28. The maximum absolute atomic E-state index is 12.1. The number of anilines is 1. The second kappa shape index (κ2) is 8.47. The van der Waals surface area contributed by atoms with Crippen molar-refractivity contribution in [3.63, 3.8) is 0 Å². The minimum absolute atomic E-state index is 0.120. The van der Waals surface area contributed by atoms with Crippen LogP contribution < -0.4 is 16.0 Å². The third kappa shape index (κ3) is 5.08. The van der Waals surface area contributed by atoms with Gasteiger partial charge in [-0.1, -0.05) is 29.8 Å². The van der Waals surface area contributed by atoms with Crippen molar-refractivity contribution in [2.75, 3.05) is 18.9 Å². The molecular weight excluding hydrogens is 326 g/mol. The van der Waals surface area contributed by atoms with E-state index in [1.807, 2.05) is 36.5 Å². The Morgan fingerprint density at radius 1 is 1.17 bits per heavy atom. The van der Waals surface area contributed by atoms with Gasteiger partial charge in [-0.05, 0) is 37.3 Å². The van der Waals surface area contributed by atoms with E-state index in [0.29, 0.717) is 16.3 Å². The minimum atomic E-state index is -0.186. The van der Waals surface area contributed by atoms with Crippen molar-refractivity contribution < 1.29 is 14.9 Å². The van der Waals surface area contributed by atoms with Crippen LogP contribution in [0.15, 0.2) is 48.5 Å². The predicted octanol–water partition coefficient (Wildman–Crippen LogP) is 1.96. The highest BCUT2D eigenvalue weighted by atomic mass is 35.5. The Balaban J connectivity index is 1.89. The standard InChI is InChI=1S/C18H20ClN3O2/c1-12(13-6-8-15(19)9-7-13)21-11-17(23)22-16-5-3-4-14(10-16)18(24)20-2/h3-10,12,21H,11H2,1-2H3,(H,20,24)(H,22,23)/p+1/t12-/m1/s1. The highest BCUT2D eigenvalue weighted by Crippen LogP contribution is 2.13. The van der Waals surface area contributed by atoms with Crippen LogP contribution in [0, 0.1) is 0 Å². The normalized spacial score (nSPS) is 11.6. The molecule has 4 N–H and O–H groups in total. The van der Waals surface area contributed by atoms with Gasteiger partial charge >= 0.3 is 0 Å². The molecule has 24 heavy (non-hydrogen) atoms. The smallest absolute Gasteiger partial charge is 0.279 e. The van der Waals surface area contributed by atoms with Crippen LogP contribution in [-0.2, 0) is 4.79 Å². The van der Waals surface area contributed by atoms with Crippen molar-refractivity contribution in [1.82, 2.24) is 5.32 Å². The third-order valence-corrected chi connectivity index (χ3v) is 3.94. The van der Waals surface area contributed by atoms with Gasteiger partial charge in [-0.2, -0.15) is 0 Å². The molecule has 0 radical (unpaired) electrons. The molecule has 0 bridgehead atoms. The first-order valence-electron chi connectivity index (χ1n) is 7.70. The van der Waals surface area contributed by atoms with Crippen molar-refractivity contribution >= 4 is 29.1 Å². The molecule has 0 spiro atoms. The first-order valence-corrected chi connectivity index (χ1v) is 8.08. The summed E-state index contributed by atoms with van der Waals surface area (Å²) in [4.78, 5) is 23.7. The Labute approximate surface area is 146 Å². The van der Waals surface area contributed by atoms with Gasteiger partial charge in [-0.15, -0.1) is 0 Å². The third-order valence-electron chi connectivity index (χ3n) is 3.69. The lowest BCUT2D eigenvalue weighted by atomic mass is 10.1. The number of halogens is 1. The molecule has 0 aliphatic heterocycles. The Bertz CT molecular complexity index is 716. The summed E-state index contributed by atoms with van der Waals surface area (Å²) in [7, 11) is 1.57. The lowest BCUT2D eigenvalue weighted by Gasteiger charge is -2.11. The molecule has 1 atom stereocenters. The first kappa shape index (κ1) is 18.0. The van der Waals surface area contributed by atoms with Crippen molar-refractivity contribution in [2.24, 2.45) is 0 Å². The zero-order chi connectivity index (χ0) is 17.5. The summed E-state index contributed by atoms with van der Waals surface area (Å²) < 4.78 is 0. The van der Waals surface area contributed by atoms with Gasteiger partial charge in [0.2, 0.25) is 0 Å². The molecule has 0 saturated carbocycles. The van der Waals surface area contributed by atoms with Crippen LogP contribution in [0.2, 0.25) is 5.02 Å². The molecule has 0 aliphatic rings. The molecule has 2 rings (SSSR count). The van der Waals surface area contributed by atoms with Crippen molar-refractivity contribution in [3.8, 4) is 0 Å². The number of carbonyl (C=O) groups is 2. The maximum Gasteiger partial charge on any atom is 0.279 e. The van der Waals surface area contributed by atoms with E-state index in [-0.39, 0.29) is 24.4 Å². The van der Waals surface area contributed by atoms with Crippen molar-refractivity contribution in [3.05, 3.63) is 64.7 Å². The van der Waals surface area contributed by atoms with Gasteiger partial charge in [-0.3, -0.25) is 9.59 Å². The van der Waals surface area contributed by atoms with Gasteiger partial charge in [0.05, 0.1) is 0 Å². The molecule has 0 saturated heterocycles. The van der Waals surface area contributed by atoms with Crippen LogP contribution in [0.5, 0.6) is 0 Å². The zero-order valence-electron chi connectivity index (χ0n) is 13.7. The minimum Gasteiger partial charge on any atom is -0.355 e. The molecule has 0 unspecified atom stereocenters. The van der Waals surface area contributed by atoms with Gasteiger partial charge in [0.1, 0.15) is 6.04 Å². The molecule has 0 aliphatic carbocycles. The number of nitrogens with two attached hydrogens (primary N) is 1. The average Bonchev–Trinajstić information content (AvgIpc) is 2.59. The number of hydrogen-bond donors (Lipinski definition) is 3. The topological polar surface area (TPSA) is 74.8 Å². The summed E-state index contributed by atoms with van der Waals surface area (Å²) in [5.74, 6) is -0.307. The SMILES string of the molecule is CNC(=O)c1cccc(NC(=O)C[NH2+][C@H](C)c2ccc(Cl)cc2)c1. The molecule has 6 heteroatoms. The first-order chi connectivity index (χ1) is 11.5. The zero-order valence-corrected chi connectivity index (χ0v) is 14.4. The van der Waals surface area contributed by atoms with Crippen LogP contribution in [0.25, 0.3) is 0 Å². The number of nitrogens with one attached hydrogen (secondary N) is 2. The van der Waals surface area contributed by atoms with E-state index in [2.05, 4.69) is 10.6 Å². The van der Waals surface area contributed by atoms with Gasteiger partial charge < -0.3 is 16.0 Å². The largest absolute Gasteiger partial charge is 0.355 e. The summed E-state index contributed by atoms with van der Waals surface area (Å²) in [6.07, 6.45) is 0. The van der Waals surface area contributed by atoms with Crippen LogP contribution >= 0.6 is 11.6 Å². The Morgan fingerprint density at radius 2 is 1.88 bits per heavy atom. The number of rotatable bonds is 6. The van der Waals surface area contributed by atoms with E-state index in [0.717, 1.165) is 5.56 Å². The maximum atomic E-state index is 12.1. The van der Waals surface area contributed by atoms with Crippen LogP contribution in [0.1, 0.15) is 28.9 Å². The quantitative estimate of drug-likeness (QED) is 0.748. The Kier molecular flexibility index (Phi) is 6.35. The number of amides is 2. The predicted molar refractivity (Wildman–Crippen MR) is 95.1 cm³/mol. The number of carbonyl (C=O) groups excluding carboxylic acids is 2. The van der Waals surface area contributed by atoms with Crippen molar-refractivity contribution in [2.45, 2.75) is 13.0 Å². The van der Waals surface area contributed by atoms with Gasteiger partial charge in [0.15, 0.2) is 6.54 Å². The van der Waals surface area contributed by atoms with Gasteiger partial charge in [0.25, 0.3) is 11.8 Å². The molecule has 2 aromatic carbocycles. The van der Waals surface area contributed by atoms with Crippen LogP contribution in [0.4, 0.5) is 5.69 Å². The molecule has 5 nitrogen and oxygen atoms in total. The highest BCUT2D eigenvalue weighted by Gasteiger charge is 2.12. The van der Waals surface area contributed by atoms with E-state index in [9.17, 15) is 9.59 Å². The summed E-state index contributed by atoms with van der Waals surface area (Å²) in [5.41, 5.74) is 2.22. The van der Waals surface area contributed by atoms with Gasteiger partial charge in [-0.25, -0.2) is 0 Å². The second-order valence-corrected chi connectivity index (χ2v) is 5.92. The Morgan fingerprint density at radius 3 is 2.54 bits per heavy atom. The fourth-order valence-corrected chi connectivity index (χ4v) is 2.41. The second-order valence-electron chi connectivity index (χ2n) is 5.49. The van der Waals surface area contributed by atoms with E-state index in [1.165, 1.54) is 0 Å². The summed E-state index contributed by atoms with van der Waals surface area (Å²) in [6, 6.07) is 14.6. The van der Waals surface area contributed by atoms with E-state index >= 15 is 0 Å². The number of benzene rings is 2. The van der Waals surface area contributed by atoms with Crippen LogP contribution in [-0.4, -0.2) is 25.4 Å². The molecule has 0 fully saturated rings. The monoisotopic (exact) mass is 346 g/mol. The molecule has 2 amide bonds. The molecule has 126 valence electrons. The van der Waals surface area contributed by atoms with Crippen LogP contribution in [0.3, 0.4) is 0 Å². The molecule has 0 aromatic heterocycles. The number of hydrogen-bond acceptors (Lipinski definition) is 2.